The molecule has 1 aromatic heterocycles. The Hall–Kier alpha value is -1.34. The van der Waals surface area contributed by atoms with Crippen LogP contribution in [0.1, 0.15) is 5.82 Å². The minimum atomic E-state index is -0.0293. The van der Waals surface area contributed by atoms with Crippen molar-refractivity contribution in [3.63, 3.8) is 0 Å². The lowest BCUT2D eigenvalue weighted by Gasteiger charge is -2.06. The van der Waals surface area contributed by atoms with Crippen LogP contribution >= 0.6 is 11.8 Å². The Labute approximate surface area is 105 Å². The molecule has 0 saturated heterocycles. The van der Waals surface area contributed by atoms with Crippen LogP contribution in [0, 0.1) is 0 Å². The number of nitrogens with one attached hydrogen (secondary N) is 2. The van der Waals surface area contributed by atoms with Crippen LogP contribution in [-0.4, -0.2) is 40.5 Å². The van der Waals surface area contributed by atoms with Gasteiger partial charge in [0.15, 0.2) is 5.16 Å². The summed E-state index contributed by atoms with van der Waals surface area (Å²) in [5, 5.41) is 14.5. The fourth-order valence-corrected chi connectivity index (χ4v) is 2.07. The van der Waals surface area contributed by atoms with Gasteiger partial charge in [0.1, 0.15) is 5.82 Å². The first-order valence-electron chi connectivity index (χ1n) is 5.23. The lowest BCUT2D eigenvalue weighted by atomic mass is 10.5. The number of allylic oxidation sites excluding steroid dienone is 1. The summed E-state index contributed by atoms with van der Waals surface area (Å²) in [5.74, 6) is 1.15. The average molecular weight is 255 g/mol. The molecule has 0 fully saturated rings. The molecule has 2 N–H and O–H groups in total. The lowest BCUT2D eigenvalue weighted by molar-refractivity contribution is -0.118. The van der Waals surface area contributed by atoms with E-state index in [1.165, 1.54) is 11.8 Å². The van der Waals surface area contributed by atoms with Gasteiger partial charge >= 0.3 is 0 Å². The number of carbonyl (C=O) groups is 1. The van der Waals surface area contributed by atoms with Gasteiger partial charge in [0.05, 0.1) is 12.3 Å². The van der Waals surface area contributed by atoms with Crippen LogP contribution < -0.4 is 10.6 Å². The van der Waals surface area contributed by atoms with Crippen LogP contribution in [0.5, 0.6) is 0 Å². The molecule has 1 amide bonds. The molecule has 0 bridgehead atoms. The number of rotatable bonds is 7. The maximum atomic E-state index is 11.2. The second-order valence-electron chi connectivity index (χ2n) is 3.29. The molecule has 0 radical (unpaired) electrons. The molecule has 0 aliphatic carbocycles. The number of amides is 1. The van der Waals surface area contributed by atoms with Crippen molar-refractivity contribution in [3.8, 4) is 0 Å². The molecule has 0 unspecified atom stereocenters. The van der Waals surface area contributed by atoms with E-state index in [1.54, 1.807) is 13.1 Å². The van der Waals surface area contributed by atoms with Gasteiger partial charge in [-0.05, 0) is 7.05 Å². The topological polar surface area (TPSA) is 71.8 Å². The Bertz CT molecular complexity index is 390. The number of hydrogen-bond donors (Lipinski definition) is 2. The minimum absolute atomic E-state index is 0.0293. The third-order valence-corrected chi connectivity index (χ3v) is 3.02. The lowest BCUT2D eigenvalue weighted by Crippen LogP contribution is -2.20. The van der Waals surface area contributed by atoms with E-state index in [-0.39, 0.29) is 5.91 Å². The molecule has 0 aromatic carbocycles. The standard InChI is InChI=1S/C10H17N5OS/c1-4-5-15-8(6-11-2)13-14-10(15)17-7-9(16)12-3/h4,11H,1,5-7H2,2-3H3,(H,12,16). The minimum Gasteiger partial charge on any atom is -0.358 e. The maximum absolute atomic E-state index is 11.2. The second-order valence-corrected chi connectivity index (χ2v) is 4.23. The highest BCUT2D eigenvalue weighted by molar-refractivity contribution is 7.99. The van der Waals surface area contributed by atoms with E-state index in [2.05, 4.69) is 27.4 Å². The van der Waals surface area contributed by atoms with Gasteiger partial charge in [0.25, 0.3) is 0 Å². The molecule has 0 aliphatic rings. The molecule has 94 valence electrons. The molecule has 7 heteroatoms. The predicted molar refractivity (Wildman–Crippen MR) is 67.8 cm³/mol. The number of hydrogen-bond acceptors (Lipinski definition) is 5. The molecular weight excluding hydrogens is 238 g/mol. The van der Waals surface area contributed by atoms with Crippen molar-refractivity contribution in [1.82, 2.24) is 25.4 Å². The smallest absolute Gasteiger partial charge is 0.230 e. The van der Waals surface area contributed by atoms with E-state index in [1.807, 2.05) is 11.6 Å². The Morgan fingerprint density at radius 1 is 1.53 bits per heavy atom. The first-order valence-corrected chi connectivity index (χ1v) is 6.22. The average Bonchev–Trinajstić information content (AvgIpc) is 2.70. The monoisotopic (exact) mass is 255 g/mol. The highest BCUT2D eigenvalue weighted by Gasteiger charge is 2.12. The number of aromatic nitrogens is 3. The molecule has 0 aliphatic heterocycles. The van der Waals surface area contributed by atoms with Gasteiger partial charge < -0.3 is 15.2 Å². The van der Waals surface area contributed by atoms with Crippen LogP contribution in [0.2, 0.25) is 0 Å². The first-order chi connectivity index (χ1) is 8.22. The summed E-state index contributed by atoms with van der Waals surface area (Å²) in [6, 6.07) is 0. The van der Waals surface area contributed by atoms with E-state index in [0.717, 1.165) is 11.0 Å². The quantitative estimate of drug-likeness (QED) is 0.531. The van der Waals surface area contributed by atoms with Crippen molar-refractivity contribution in [2.45, 2.75) is 18.2 Å². The highest BCUT2D eigenvalue weighted by atomic mass is 32.2. The molecular formula is C10H17N5OS. The van der Waals surface area contributed by atoms with Gasteiger partial charge in [-0.15, -0.1) is 16.8 Å². The summed E-state index contributed by atoms with van der Waals surface area (Å²) in [7, 11) is 3.47. The van der Waals surface area contributed by atoms with Crippen molar-refractivity contribution < 1.29 is 4.79 Å². The van der Waals surface area contributed by atoms with Crippen LogP contribution in [0.3, 0.4) is 0 Å². The van der Waals surface area contributed by atoms with Gasteiger partial charge in [-0.1, -0.05) is 17.8 Å². The van der Waals surface area contributed by atoms with Crippen molar-refractivity contribution in [2.75, 3.05) is 19.8 Å². The highest BCUT2D eigenvalue weighted by Crippen LogP contribution is 2.16. The molecule has 6 nitrogen and oxygen atoms in total. The predicted octanol–water partition coefficient (Wildman–Crippen LogP) is 0.0216. The Kier molecular flexibility index (Phi) is 5.71. The zero-order valence-electron chi connectivity index (χ0n) is 10.1. The van der Waals surface area contributed by atoms with E-state index in [4.69, 9.17) is 0 Å². The molecule has 1 heterocycles. The maximum Gasteiger partial charge on any atom is 0.230 e. The summed E-state index contributed by atoms with van der Waals surface area (Å²) in [4.78, 5) is 11.2. The third kappa shape index (κ3) is 3.86. The summed E-state index contributed by atoms with van der Waals surface area (Å²) in [6.45, 7) is 4.98. The Balaban J connectivity index is 2.76. The SMILES string of the molecule is C=CCn1c(CNC)nnc1SCC(=O)NC. The van der Waals surface area contributed by atoms with Crippen molar-refractivity contribution in [3.05, 3.63) is 18.5 Å². The molecule has 1 aromatic rings. The molecule has 0 saturated carbocycles. The van der Waals surface area contributed by atoms with E-state index >= 15 is 0 Å². The van der Waals surface area contributed by atoms with Crippen molar-refractivity contribution >= 4 is 17.7 Å². The van der Waals surface area contributed by atoms with Gasteiger partial charge in [0, 0.05) is 13.6 Å². The number of carbonyl (C=O) groups excluding carboxylic acids is 1. The first kappa shape index (κ1) is 13.7. The second kappa shape index (κ2) is 7.08. The zero-order chi connectivity index (χ0) is 12.7. The van der Waals surface area contributed by atoms with Gasteiger partial charge in [-0.25, -0.2) is 0 Å². The molecule has 0 atom stereocenters. The molecule has 1 rings (SSSR count). The summed E-state index contributed by atoms with van der Waals surface area (Å²) in [6.07, 6.45) is 1.78. The summed E-state index contributed by atoms with van der Waals surface area (Å²) in [5.41, 5.74) is 0. The fraction of sp³-hybridized carbons (Fsp3) is 0.500. The van der Waals surface area contributed by atoms with Gasteiger partial charge in [-0.3, -0.25) is 4.79 Å². The molecule has 0 spiro atoms. The summed E-state index contributed by atoms with van der Waals surface area (Å²) < 4.78 is 1.94. The van der Waals surface area contributed by atoms with Crippen LogP contribution in [-0.2, 0) is 17.9 Å². The van der Waals surface area contributed by atoms with Crippen LogP contribution in [0.25, 0.3) is 0 Å². The third-order valence-electron chi connectivity index (χ3n) is 2.05. The normalized spacial score (nSPS) is 10.2. The van der Waals surface area contributed by atoms with E-state index in [9.17, 15) is 4.79 Å². The van der Waals surface area contributed by atoms with Gasteiger partial charge in [-0.2, -0.15) is 0 Å². The van der Waals surface area contributed by atoms with Crippen LogP contribution in [0.4, 0.5) is 0 Å². The number of nitrogens with zero attached hydrogens (tertiary/aromatic N) is 3. The Morgan fingerprint density at radius 2 is 2.29 bits per heavy atom. The van der Waals surface area contributed by atoms with Gasteiger partial charge in [0.2, 0.25) is 5.91 Å². The summed E-state index contributed by atoms with van der Waals surface area (Å²) >= 11 is 1.37. The van der Waals surface area contributed by atoms with Crippen molar-refractivity contribution in [1.29, 1.82) is 0 Å². The van der Waals surface area contributed by atoms with Crippen molar-refractivity contribution in [2.24, 2.45) is 0 Å². The number of thioether (sulfide) groups is 1. The molecule has 17 heavy (non-hydrogen) atoms. The van der Waals surface area contributed by atoms with E-state index in [0.29, 0.717) is 18.8 Å². The Morgan fingerprint density at radius 3 is 2.88 bits per heavy atom. The van der Waals surface area contributed by atoms with E-state index < -0.39 is 0 Å². The zero-order valence-corrected chi connectivity index (χ0v) is 10.9. The largest absolute Gasteiger partial charge is 0.358 e. The fourth-order valence-electron chi connectivity index (χ4n) is 1.23. The van der Waals surface area contributed by atoms with Crippen LogP contribution in [0.15, 0.2) is 17.8 Å².